The first kappa shape index (κ1) is 13.1. The molecule has 2 nitrogen and oxygen atoms in total. The van der Waals surface area contributed by atoms with Crippen molar-refractivity contribution in [1.82, 2.24) is 0 Å². The summed E-state index contributed by atoms with van der Waals surface area (Å²) >= 11 is 1.08. The van der Waals surface area contributed by atoms with E-state index < -0.39 is 6.43 Å². The van der Waals surface area contributed by atoms with Crippen LogP contribution in [0.1, 0.15) is 16.8 Å². The lowest BCUT2D eigenvalue weighted by Gasteiger charge is -2.02. The number of carbonyl (C=O) groups excluding carboxylic acids is 1. The van der Waals surface area contributed by atoms with Crippen LogP contribution in [0.3, 0.4) is 0 Å². The van der Waals surface area contributed by atoms with Gasteiger partial charge in [-0.1, -0.05) is 12.1 Å². The van der Waals surface area contributed by atoms with Crippen molar-refractivity contribution in [3.05, 3.63) is 29.8 Å². The monoisotopic (exact) mass is 245 g/mol. The smallest absolute Gasteiger partial charge is 0.247 e. The molecule has 0 fully saturated rings. The van der Waals surface area contributed by atoms with Crippen molar-refractivity contribution in [3.63, 3.8) is 0 Å². The number of hydrogen-bond acceptors (Lipinski definition) is 3. The number of Topliss-reactive ketones (excluding diaryl/α,β-unsaturated/α-hetero) is 1. The van der Waals surface area contributed by atoms with Gasteiger partial charge in [0.1, 0.15) is 0 Å². The molecule has 1 aromatic carbocycles. The summed E-state index contributed by atoms with van der Waals surface area (Å²) in [7, 11) is 0. The minimum Gasteiger partial charge on any atom is -0.330 e. The molecular formula is C11H13F2NOS. The van der Waals surface area contributed by atoms with Crippen LogP contribution in [-0.2, 0) is 0 Å². The first-order valence-corrected chi connectivity index (χ1v) is 5.86. The van der Waals surface area contributed by atoms with Gasteiger partial charge in [-0.25, -0.2) is 8.78 Å². The van der Waals surface area contributed by atoms with Gasteiger partial charge in [-0.05, 0) is 18.7 Å². The number of thioether (sulfide) groups is 1. The second-order valence-electron chi connectivity index (χ2n) is 3.19. The third-order valence-electron chi connectivity index (χ3n) is 1.92. The second kappa shape index (κ2) is 6.60. The fraction of sp³-hybridized carbons (Fsp3) is 0.364. The van der Waals surface area contributed by atoms with Crippen LogP contribution < -0.4 is 5.73 Å². The van der Waals surface area contributed by atoms with E-state index in [1.54, 1.807) is 24.3 Å². The van der Waals surface area contributed by atoms with Crippen molar-refractivity contribution in [2.75, 3.05) is 12.3 Å². The minimum absolute atomic E-state index is 0.0205. The Balaban J connectivity index is 2.57. The van der Waals surface area contributed by atoms with Crippen LogP contribution in [0.4, 0.5) is 8.78 Å². The molecule has 0 saturated heterocycles. The van der Waals surface area contributed by atoms with Gasteiger partial charge in [0.25, 0.3) is 0 Å². The molecule has 0 spiro atoms. The molecule has 0 amide bonds. The quantitative estimate of drug-likeness (QED) is 0.618. The summed E-state index contributed by atoms with van der Waals surface area (Å²) < 4.78 is 23.9. The Morgan fingerprint density at radius 2 is 1.94 bits per heavy atom. The number of nitrogens with two attached hydrogens (primary N) is 1. The standard InChI is InChI=1S/C11H13F2NOS/c12-11(13)7-16-9-3-1-8(2-4-9)10(15)5-6-14/h1-4,11H,5-7,14H2. The Kier molecular flexibility index (Phi) is 5.42. The second-order valence-corrected chi connectivity index (χ2v) is 4.28. The van der Waals surface area contributed by atoms with Gasteiger partial charge >= 0.3 is 0 Å². The Labute approximate surface area is 97.2 Å². The zero-order chi connectivity index (χ0) is 12.0. The zero-order valence-electron chi connectivity index (χ0n) is 8.66. The highest BCUT2D eigenvalue weighted by Gasteiger charge is 2.06. The van der Waals surface area contributed by atoms with Crippen molar-refractivity contribution in [1.29, 1.82) is 0 Å². The van der Waals surface area contributed by atoms with E-state index in [1.165, 1.54) is 0 Å². The molecule has 0 aliphatic carbocycles. The fourth-order valence-corrected chi connectivity index (χ4v) is 1.82. The maximum absolute atomic E-state index is 11.9. The summed E-state index contributed by atoms with van der Waals surface area (Å²) in [6.07, 6.45) is -2.01. The lowest BCUT2D eigenvalue weighted by molar-refractivity contribution is 0.0985. The molecule has 0 saturated carbocycles. The molecule has 0 aliphatic rings. The van der Waals surface area contributed by atoms with E-state index in [0.717, 1.165) is 16.7 Å². The molecule has 0 heterocycles. The van der Waals surface area contributed by atoms with Gasteiger partial charge in [0, 0.05) is 16.9 Å². The van der Waals surface area contributed by atoms with E-state index in [1.807, 2.05) is 0 Å². The molecule has 2 N–H and O–H groups in total. The van der Waals surface area contributed by atoms with Crippen molar-refractivity contribution in [2.24, 2.45) is 5.73 Å². The summed E-state index contributed by atoms with van der Waals surface area (Å²) in [4.78, 5) is 12.2. The average Bonchev–Trinajstić information content (AvgIpc) is 2.27. The van der Waals surface area contributed by atoms with Gasteiger partial charge in [0.05, 0.1) is 5.75 Å². The number of carbonyl (C=O) groups is 1. The molecule has 0 unspecified atom stereocenters. The SMILES string of the molecule is NCCC(=O)c1ccc(SCC(F)F)cc1. The summed E-state index contributed by atoms with van der Waals surface area (Å²) in [6.45, 7) is 0.320. The molecule has 1 rings (SSSR count). The number of halogens is 2. The molecule has 16 heavy (non-hydrogen) atoms. The predicted molar refractivity (Wildman–Crippen MR) is 61.2 cm³/mol. The molecule has 88 valence electrons. The molecular weight excluding hydrogens is 232 g/mol. The van der Waals surface area contributed by atoms with Gasteiger partial charge in [0.2, 0.25) is 6.43 Å². The van der Waals surface area contributed by atoms with Crippen LogP contribution >= 0.6 is 11.8 Å². The van der Waals surface area contributed by atoms with Gasteiger partial charge in [-0.15, -0.1) is 11.8 Å². The molecule has 0 aliphatic heterocycles. The largest absolute Gasteiger partial charge is 0.330 e. The first-order chi connectivity index (χ1) is 7.63. The third kappa shape index (κ3) is 4.28. The van der Waals surface area contributed by atoms with Crippen LogP contribution in [0.5, 0.6) is 0 Å². The highest BCUT2D eigenvalue weighted by Crippen LogP contribution is 2.20. The summed E-state index contributed by atoms with van der Waals surface area (Å²) in [5.41, 5.74) is 5.85. The Morgan fingerprint density at radius 1 is 1.31 bits per heavy atom. The third-order valence-corrected chi connectivity index (χ3v) is 2.95. The molecule has 0 atom stereocenters. The number of ketones is 1. The molecule has 0 aromatic heterocycles. The van der Waals surface area contributed by atoms with E-state index in [9.17, 15) is 13.6 Å². The highest BCUT2D eigenvalue weighted by molar-refractivity contribution is 7.99. The van der Waals surface area contributed by atoms with Gasteiger partial charge in [-0.2, -0.15) is 0 Å². The highest BCUT2D eigenvalue weighted by atomic mass is 32.2. The molecule has 1 aromatic rings. The first-order valence-electron chi connectivity index (χ1n) is 4.87. The summed E-state index contributed by atoms with van der Waals surface area (Å²) in [6, 6.07) is 6.64. The van der Waals surface area contributed by atoms with E-state index in [-0.39, 0.29) is 11.5 Å². The van der Waals surface area contributed by atoms with Crippen molar-refractivity contribution in [3.8, 4) is 0 Å². The van der Waals surface area contributed by atoms with Gasteiger partial charge in [0.15, 0.2) is 5.78 Å². The summed E-state index contributed by atoms with van der Waals surface area (Å²) in [5.74, 6) is -0.247. The van der Waals surface area contributed by atoms with E-state index >= 15 is 0 Å². The number of hydrogen-bond donors (Lipinski definition) is 1. The van der Waals surface area contributed by atoms with E-state index in [0.29, 0.717) is 18.5 Å². The lowest BCUT2D eigenvalue weighted by atomic mass is 10.1. The normalized spacial score (nSPS) is 10.8. The summed E-state index contributed by atoms with van der Waals surface area (Å²) in [5, 5.41) is 0. The Hall–Kier alpha value is -0.940. The Bertz CT molecular complexity index is 340. The van der Waals surface area contributed by atoms with Crippen LogP contribution in [0.15, 0.2) is 29.2 Å². The zero-order valence-corrected chi connectivity index (χ0v) is 9.47. The van der Waals surface area contributed by atoms with Crippen molar-refractivity contribution < 1.29 is 13.6 Å². The van der Waals surface area contributed by atoms with Crippen molar-refractivity contribution in [2.45, 2.75) is 17.7 Å². The minimum atomic E-state index is -2.32. The number of benzene rings is 1. The van der Waals surface area contributed by atoms with Gasteiger partial charge in [-0.3, -0.25) is 4.79 Å². The lowest BCUT2D eigenvalue weighted by Crippen LogP contribution is -2.07. The average molecular weight is 245 g/mol. The van der Waals surface area contributed by atoms with E-state index in [4.69, 9.17) is 5.73 Å². The van der Waals surface area contributed by atoms with Crippen molar-refractivity contribution >= 4 is 17.5 Å². The molecule has 0 bridgehead atoms. The maximum Gasteiger partial charge on any atom is 0.247 e. The van der Waals surface area contributed by atoms with Crippen LogP contribution in [0.2, 0.25) is 0 Å². The Morgan fingerprint density at radius 3 is 2.44 bits per heavy atom. The van der Waals surface area contributed by atoms with Crippen LogP contribution in [0, 0.1) is 0 Å². The predicted octanol–water partition coefficient (Wildman–Crippen LogP) is 2.58. The van der Waals surface area contributed by atoms with Crippen LogP contribution in [-0.4, -0.2) is 24.5 Å². The number of alkyl halides is 2. The maximum atomic E-state index is 11.9. The fourth-order valence-electron chi connectivity index (χ4n) is 1.17. The number of rotatable bonds is 6. The molecule has 5 heteroatoms. The molecule has 0 radical (unpaired) electrons. The van der Waals surface area contributed by atoms with E-state index in [2.05, 4.69) is 0 Å². The topological polar surface area (TPSA) is 43.1 Å². The van der Waals surface area contributed by atoms with Gasteiger partial charge < -0.3 is 5.73 Å². The van der Waals surface area contributed by atoms with Crippen LogP contribution in [0.25, 0.3) is 0 Å².